The van der Waals surface area contributed by atoms with Crippen LogP contribution < -0.4 is 5.73 Å². The van der Waals surface area contributed by atoms with E-state index in [0.717, 1.165) is 11.4 Å². The molecule has 1 aromatic heterocycles. The van der Waals surface area contributed by atoms with E-state index >= 15 is 0 Å². The van der Waals surface area contributed by atoms with E-state index in [0.29, 0.717) is 0 Å². The number of hydrogen-bond donors (Lipinski definition) is 1. The minimum Gasteiger partial charge on any atom is -0.399 e. The first-order chi connectivity index (χ1) is 6.77. The van der Waals surface area contributed by atoms with Gasteiger partial charge in [-0.3, -0.25) is 4.98 Å². The number of pyridine rings is 1. The van der Waals surface area contributed by atoms with Crippen molar-refractivity contribution < 1.29 is 0 Å². The summed E-state index contributed by atoms with van der Waals surface area (Å²) in [6, 6.07) is 3.90. The van der Waals surface area contributed by atoms with Gasteiger partial charge in [-0.15, -0.1) is 0 Å². The van der Waals surface area contributed by atoms with E-state index < -0.39 is 0 Å². The number of rotatable bonds is 1. The molecule has 0 spiro atoms. The second kappa shape index (κ2) is 3.54. The highest BCUT2D eigenvalue weighted by molar-refractivity contribution is 5.39. The lowest BCUT2D eigenvalue weighted by Crippen LogP contribution is -2.19. The average molecular weight is 187 g/mol. The second-order valence-corrected chi connectivity index (χ2v) is 3.35. The Kier molecular flexibility index (Phi) is 2.23. The van der Waals surface area contributed by atoms with E-state index in [1.807, 2.05) is 31.5 Å². The van der Waals surface area contributed by atoms with E-state index in [4.69, 9.17) is 5.73 Å². The molecule has 0 saturated heterocycles. The zero-order valence-electron chi connectivity index (χ0n) is 8.09. The summed E-state index contributed by atoms with van der Waals surface area (Å²) in [6.45, 7) is 0. The largest absolute Gasteiger partial charge is 0.399 e. The summed E-state index contributed by atoms with van der Waals surface area (Å²) in [5.74, 6) is 0. The average Bonchev–Trinajstić information content (AvgIpc) is 2.18. The smallest absolute Gasteiger partial charge is 0.0892 e. The third kappa shape index (κ3) is 1.62. The van der Waals surface area contributed by atoms with Gasteiger partial charge in [0.15, 0.2) is 0 Å². The predicted molar refractivity (Wildman–Crippen MR) is 57.4 cm³/mol. The van der Waals surface area contributed by atoms with Crippen LogP contribution >= 0.6 is 0 Å². The number of allylic oxidation sites excluding steroid dienone is 2. The van der Waals surface area contributed by atoms with Crippen LogP contribution in [0.15, 0.2) is 42.8 Å². The molecule has 0 saturated carbocycles. The molecule has 1 unspecified atom stereocenters. The molecule has 0 aliphatic carbocycles. The van der Waals surface area contributed by atoms with Crippen molar-refractivity contribution in [2.75, 3.05) is 12.8 Å². The molecule has 0 fully saturated rings. The molecule has 2 heterocycles. The SMILES string of the molecule is CN1C=CC=CC1c1cc(N)ccn1. The lowest BCUT2D eigenvalue weighted by atomic mass is 10.1. The maximum Gasteiger partial charge on any atom is 0.0892 e. The highest BCUT2D eigenvalue weighted by Crippen LogP contribution is 2.22. The molecule has 2 rings (SSSR count). The first kappa shape index (κ1) is 8.81. The number of nitrogens with zero attached hydrogens (tertiary/aromatic N) is 2. The van der Waals surface area contributed by atoms with Gasteiger partial charge in [-0.05, 0) is 24.4 Å². The fourth-order valence-electron chi connectivity index (χ4n) is 1.52. The fourth-order valence-corrected chi connectivity index (χ4v) is 1.52. The van der Waals surface area contributed by atoms with Crippen molar-refractivity contribution in [1.82, 2.24) is 9.88 Å². The maximum absolute atomic E-state index is 5.71. The number of nitrogen functional groups attached to an aromatic ring is 1. The van der Waals surface area contributed by atoms with Crippen molar-refractivity contribution in [1.29, 1.82) is 0 Å². The fraction of sp³-hybridized carbons (Fsp3) is 0.182. The van der Waals surface area contributed by atoms with Gasteiger partial charge in [0.1, 0.15) is 0 Å². The molecule has 1 aliphatic heterocycles. The van der Waals surface area contributed by atoms with Crippen LogP contribution in [0.2, 0.25) is 0 Å². The normalized spacial score (nSPS) is 20.1. The summed E-state index contributed by atoms with van der Waals surface area (Å²) < 4.78 is 0. The number of anilines is 1. The standard InChI is InChI=1S/C11H13N3/c1-14-7-3-2-4-11(14)10-8-9(12)5-6-13-10/h2-8,11H,1H3,(H2,12,13). The summed E-state index contributed by atoms with van der Waals surface area (Å²) in [7, 11) is 2.02. The molecule has 72 valence electrons. The van der Waals surface area contributed by atoms with Gasteiger partial charge >= 0.3 is 0 Å². The maximum atomic E-state index is 5.71. The molecular weight excluding hydrogens is 174 g/mol. The van der Waals surface area contributed by atoms with Crippen LogP contribution in [0.25, 0.3) is 0 Å². The Morgan fingerprint density at radius 1 is 1.43 bits per heavy atom. The van der Waals surface area contributed by atoms with Crippen LogP contribution in [0.1, 0.15) is 11.7 Å². The zero-order chi connectivity index (χ0) is 9.97. The van der Waals surface area contributed by atoms with Crippen LogP contribution in [-0.4, -0.2) is 16.9 Å². The van der Waals surface area contributed by atoms with Crippen LogP contribution in [-0.2, 0) is 0 Å². The Bertz CT molecular complexity index is 382. The number of likely N-dealkylation sites (N-methyl/N-ethyl adjacent to an activating group) is 1. The molecule has 1 aromatic rings. The highest BCUT2D eigenvalue weighted by Gasteiger charge is 2.14. The quantitative estimate of drug-likeness (QED) is 0.728. The molecule has 0 aromatic carbocycles. The van der Waals surface area contributed by atoms with Gasteiger partial charge in [0.25, 0.3) is 0 Å². The molecular formula is C11H13N3. The summed E-state index contributed by atoms with van der Waals surface area (Å²) >= 11 is 0. The molecule has 0 bridgehead atoms. The molecule has 0 amide bonds. The van der Waals surface area contributed by atoms with Gasteiger partial charge in [-0.25, -0.2) is 0 Å². The van der Waals surface area contributed by atoms with Crippen molar-refractivity contribution in [2.24, 2.45) is 0 Å². The Balaban J connectivity index is 2.31. The van der Waals surface area contributed by atoms with Crippen molar-refractivity contribution >= 4 is 5.69 Å². The van der Waals surface area contributed by atoms with Crippen LogP contribution in [0.3, 0.4) is 0 Å². The minimum absolute atomic E-state index is 0.198. The van der Waals surface area contributed by atoms with Crippen LogP contribution in [0.4, 0.5) is 5.69 Å². The minimum atomic E-state index is 0.198. The van der Waals surface area contributed by atoms with Gasteiger partial charge < -0.3 is 10.6 Å². The van der Waals surface area contributed by atoms with Crippen molar-refractivity contribution in [2.45, 2.75) is 6.04 Å². The molecule has 1 aliphatic rings. The van der Waals surface area contributed by atoms with Gasteiger partial charge in [0.2, 0.25) is 0 Å². The topological polar surface area (TPSA) is 42.1 Å². The molecule has 1 atom stereocenters. The molecule has 2 N–H and O–H groups in total. The number of hydrogen-bond acceptors (Lipinski definition) is 3. The van der Waals surface area contributed by atoms with Gasteiger partial charge in [-0.2, -0.15) is 0 Å². The van der Waals surface area contributed by atoms with E-state index in [2.05, 4.69) is 16.0 Å². The number of nitrogens with two attached hydrogens (primary N) is 1. The molecule has 3 heteroatoms. The molecule has 14 heavy (non-hydrogen) atoms. The van der Waals surface area contributed by atoms with Crippen molar-refractivity contribution in [3.05, 3.63) is 48.5 Å². The van der Waals surface area contributed by atoms with Crippen molar-refractivity contribution in [3.63, 3.8) is 0 Å². The summed E-state index contributed by atoms with van der Waals surface area (Å²) in [5, 5.41) is 0. The Labute approximate surface area is 83.6 Å². The van der Waals surface area contributed by atoms with E-state index in [-0.39, 0.29) is 6.04 Å². The molecule has 3 nitrogen and oxygen atoms in total. The van der Waals surface area contributed by atoms with E-state index in [1.54, 1.807) is 12.3 Å². The lowest BCUT2D eigenvalue weighted by Gasteiger charge is -2.25. The Hall–Kier alpha value is -1.77. The summed E-state index contributed by atoms with van der Waals surface area (Å²) in [4.78, 5) is 6.41. The van der Waals surface area contributed by atoms with Crippen LogP contribution in [0, 0.1) is 0 Å². The van der Waals surface area contributed by atoms with Crippen molar-refractivity contribution in [3.8, 4) is 0 Å². The highest BCUT2D eigenvalue weighted by atomic mass is 15.1. The first-order valence-electron chi connectivity index (χ1n) is 4.56. The lowest BCUT2D eigenvalue weighted by molar-refractivity contribution is 0.383. The number of aromatic nitrogens is 1. The zero-order valence-corrected chi connectivity index (χ0v) is 8.09. The third-order valence-corrected chi connectivity index (χ3v) is 2.27. The monoisotopic (exact) mass is 187 g/mol. The Morgan fingerprint density at radius 3 is 3.00 bits per heavy atom. The third-order valence-electron chi connectivity index (χ3n) is 2.27. The van der Waals surface area contributed by atoms with Gasteiger partial charge in [0.05, 0.1) is 11.7 Å². The first-order valence-corrected chi connectivity index (χ1v) is 4.56. The summed E-state index contributed by atoms with van der Waals surface area (Å²) in [5.41, 5.74) is 7.45. The van der Waals surface area contributed by atoms with Gasteiger partial charge in [0, 0.05) is 18.9 Å². The van der Waals surface area contributed by atoms with E-state index in [9.17, 15) is 0 Å². The van der Waals surface area contributed by atoms with Gasteiger partial charge in [-0.1, -0.05) is 12.2 Å². The van der Waals surface area contributed by atoms with E-state index in [1.165, 1.54) is 0 Å². The molecule has 0 radical (unpaired) electrons. The summed E-state index contributed by atoms with van der Waals surface area (Å²) in [6.07, 6.45) is 9.89. The second-order valence-electron chi connectivity index (χ2n) is 3.35. The Morgan fingerprint density at radius 2 is 2.29 bits per heavy atom. The van der Waals surface area contributed by atoms with Crippen LogP contribution in [0.5, 0.6) is 0 Å². The predicted octanol–water partition coefficient (Wildman–Crippen LogP) is 1.72.